The van der Waals surface area contributed by atoms with Crippen molar-refractivity contribution in [2.75, 3.05) is 31.6 Å². The topological polar surface area (TPSA) is 117 Å². The van der Waals surface area contributed by atoms with Crippen molar-refractivity contribution in [3.63, 3.8) is 0 Å². The van der Waals surface area contributed by atoms with Crippen LogP contribution < -0.4 is 4.90 Å². The van der Waals surface area contributed by atoms with Gasteiger partial charge in [0.1, 0.15) is 23.7 Å². The molecule has 1 N–H and O–H groups in total. The van der Waals surface area contributed by atoms with Crippen molar-refractivity contribution in [3.8, 4) is 0 Å². The number of hydrogen-bond acceptors (Lipinski definition) is 7. The van der Waals surface area contributed by atoms with Gasteiger partial charge in [0.2, 0.25) is 11.8 Å². The summed E-state index contributed by atoms with van der Waals surface area (Å²) in [6, 6.07) is 12.9. The zero-order valence-electron chi connectivity index (χ0n) is 26.8. The van der Waals surface area contributed by atoms with E-state index in [2.05, 4.69) is 0 Å². The maximum absolute atomic E-state index is 14.9. The highest BCUT2D eigenvalue weighted by Crippen LogP contribution is 2.56. The molecule has 6 rings (SSSR count). The number of likely N-dealkylation sites (N-methyl/N-ethyl adjacent to an activating group) is 1. The number of hydrogen-bond donors (Lipinski definition) is 1. The SMILES string of the molecule is Cc1cccc(Cl)c1N1C/C=C\CCC(=O)N(C)[C@@H](C)[C@H](c2ccccc2)OC(=O)[C@@H]2[C@H]3C(=O)N(CCCO)[C@H](C1=O)[C@]31C=C[C@H]2O1. The first kappa shape index (κ1) is 32.9. The molecule has 2 saturated heterocycles. The lowest BCUT2D eigenvalue weighted by molar-refractivity contribution is -0.164. The number of carbonyl (C=O) groups is 4. The summed E-state index contributed by atoms with van der Waals surface area (Å²) in [5.74, 6) is -3.64. The molecule has 2 aromatic rings. The van der Waals surface area contributed by atoms with E-state index in [-0.39, 0.29) is 38.4 Å². The third-order valence-corrected chi connectivity index (χ3v) is 10.3. The van der Waals surface area contributed by atoms with Crippen molar-refractivity contribution in [1.29, 1.82) is 0 Å². The van der Waals surface area contributed by atoms with Crippen LogP contribution in [0.2, 0.25) is 5.02 Å². The molecular weight excluding hydrogens is 622 g/mol. The van der Waals surface area contributed by atoms with Crippen molar-refractivity contribution < 1.29 is 33.8 Å². The van der Waals surface area contributed by atoms with Crippen LogP contribution in [0, 0.1) is 18.8 Å². The normalized spacial score (nSPS) is 31.8. The van der Waals surface area contributed by atoms with E-state index in [0.717, 1.165) is 5.56 Å². The number of aryl methyl sites for hydroxylation is 1. The summed E-state index contributed by atoms with van der Waals surface area (Å²) in [6.45, 7) is 3.72. The van der Waals surface area contributed by atoms with E-state index in [9.17, 15) is 24.3 Å². The molecule has 2 fully saturated rings. The van der Waals surface area contributed by atoms with E-state index in [1.165, 1.54) is 4.90 Å². The van der Waals surface area contributed by atoms with E-state index in [1.807, 2.05) is 62.4 Å². The summed E-state index contributed by atoms with van der Waals surface area (Å²) in [5.41, 5.74) is 0.543. The molecule has 5 bridgehead atoms. The number of para-hydroxylation sites is 1. The Labute approximate surface area is 279 Å². The Morgan fingerprint density at radius 2 is 1.79 bits per heavy atom. The third-order valence-electron chi connectivity index (χ3n) is 9.95. The standard InChI is InChI=1S/C36H40ClN3O7/c1-22-12-10-15-25(37)30(22)39-19-9-5-8-16-27(42)38(3)23(2)31(24-13-6-4-7-14-24)46-35(45)28-26-17-18-36(47-26)29(28)33(43)40(20-11-21-41)32(36)34(39)44/h4-7,9-10,12-15,17-18,23,26,28-29,31-32,41H,8,11,16,19-21H2,1-3H3/b9-5-/t23-,26+,28-,29-,31+,32+,36-/m0/s1. The van der Waals surface area contributed by atoms with Gasteiger partial charge in [0.05, 0.1) is 28.8 Å². The maximum Gasteiger partial charge on any atom is 0.313 e. The Balaban J connectivity index is 1.47. The summed E-state index contributed by atoms with van der Waals surface area (Å²) >= 11 is 6.71. The van der Waals surface area contributed by atoms with Gasteiger partial charge in [-0.1, -0.05) is 78.4 Å². The predicted octanol–water partition coefficient (Wildman–Crippen LogP) is 4.00. The van der Waals surface area contributed by atoms with E-state index < -0.39 is 59.5 Å². The predicted molar refractivity (Wildman–Crippen MR) is 175 cm³/mol. The van der Waals surface area contributed by atoms with Gasteiger partial charge < -0.3 is 29.3 Å². The molecule has 2 aromatic carbocycles. The lowest BCUT2D eigenvalue weighted by Crippen LogP contribution is -2.56. The summed E-state index contributed by atoms with van der Waals surface area (Å²) in [6.07, 6.45) is 6.43. The summed E-state index contributed by atoms with van der Waals surface area (Å²) < 4.78 is 12.8. The molecule has 1 spiro atoms. The number of cyclic esters (lactones) is 1. The number of nitrogens with zero attached hydrogens (tertiary/aromatic N) is 3. The van der Waals surface area contributed by atoms with Gasteiger partial charge in [0.25, 0.3) is 5.91 Å². The number of amides is 3. The van der Waals surface area contributed by atoms with E-state index >= 15 is 0 Å². The molecule has 0 unspecified atom stereocenters. The lowest BCUT2D eigenvalue weighted by atomic mass is 9.74. The van der Waals surface area contributed by atoms with E-state index in [4.69, 9.17) is 21.1 Å². The molecule has 47 heavy (non-hydrogen) atoms. The van der Waals surface area contributed by atoms with E-state index in [1.54, 1.807) is 41.1 Å². The largest absolute Gasteiger partial charge is 0.455 e. The minimum atomic E-state index is -1.43. The van der Waals surface area contributed by atoms with Crippen molar-refractivity contribution in [2.24, 2.45) is 11.8 Å². The Hall–Kier alpha value is -3.99. The van der Waals surface area contributed by atoms with Crippen molar-refractivity contribution in [1.82, 2.24) is 9.80 Å². The number of anilines is 1. The van der Waals surface area contributed by atoms with Gasteiger partial charge in [-0.3, -0.25) is 19.2 Å². The number of allylic oxidation sites excluding steroid dienone is 1. The number of esters is 1. The molecule has 0 radical (unpaired) electrons. The van der Waals surface area contributed by atoms with Crippen LogP contribution in [-0.4, -0.2) is 89.1 Å². The molecule has 10 nitrogen and oxygen atoms in total. The van der Waals surface area contributed by atoms with Crippen LogP contribution >= 0.6 is 11.6 Å². The van der Waals surface area contributed by atoms with Gasteiger partial charge in [0.15, 0.2) is 0 Å². The highest BCUT2D eigenvalue weighted by molar-refractivity contribution is 6.34. The molecule has 0 saturated carbocycles. The fraction of sp³-hybridized carbons (Fsp3) is 0.444. The zero-order valence-corrected chi connectivity index (χ0v) is 27.5. The summed E-state index contributed by atoms with van der Waals surface area (Å²) in [5, 5.41) is 10.1. The number of fused-ring (bicyclic) bond motifs is 2. The number of benzene rings is 2. The smallest absolute Gasteiger partial charge is 0.313 e. The molecule has 7 atom stereocenters. The van der Waals surface area contributed by atoms with Crippen LogP contribution in [0.25, 0.3) is 0 Å². The minimum absolute atomic E-state index is 0.0926. The van der Waals surface area contributed by atoms with Gasteiger partial charge in [0, 0.05) is 33.2 Å². The van der Waals surface area contributed by atoms with Crippen molar-refractivity contribution >= 4 is 41.0 Å². The zero-order chi connectivity index (χ0) is 33.5. The first-order chi connectivity index (χ1) is 22.6. The molecule has 4 aliphatic heterocycles. The fourth-order valence-corrected chi connectivity index (χ4v) is 7.83. The van der Waals surface area contributed by atoms with Crippen molar-refractivity contribution in [3.05, 3.63) is 89.0 Å². The Morgan fingerprint density at radius 1 is 1.02 bits per heavy atom. The number of ether oxygens (including phenoxy) is 2. The molecular formula is C36H40ClN3O7. The van der Waals surface area contributed by atoms with Gasteiger partial charge in [-0.15, -0.1) is 0 Å². The Kier molecular flexibility index (Phi) is 9.29. The Morgan fingerprint density at radius 3 is 2.51 bits per heavy atom. The van der Waals surface area contributed by atoms with Crippen LogP contribution in [0.5, 0.6) is 0 Å². The molecule has 11 heteroatoms. The molecule has 0 aliphatic carbocycles. The van der Waals surface area contributed by atoms with Crippen LogP contribution in [0.3, 0.4) is 0 Å². The van der Waals surface area contributed by atoms with Crippen LogP contribution in [0.1, 0.15) is 43.4 Å². The molecule has 3 amide bonds. The third kappa shape index (κ3) is 5.66. The highest BCUT2D eigenvalue weighted by Gasteiger charge is 2.73. The average Bonchev–Trinajstić information content (AvgIpc) is 3.71. The number of rotatable bonds is 5. The number of aliphatic hydroxyl groups is 1. The quantitative estimate of drug-likeness (QED) is 0.381. The second-order valence-electron chi connectivity index (χ2n) is 12.7. The van der Waals surface area contributed by atoms with Gasteiger partial charge in [-0.05, 0) is 43.9 Å². The van der Waals surface area contributed by atoms with Crippen LogP contribution in [0.4, 0.5) is 5.69 Å². The minimum Gasteiger partial charge on any atom is -0.455 e. The van der Waals surface area contributed by atoms with Crippen LogP contribution in [0.15, 0.2) is 72.8 Å². The van der Waals surface area contributed by atoms with Crippen molar-refractivity contribution in [2.45, 2.75) is 63.0 Å². The van der Waals surface area contributed by atoms with Crippen LogP contribution in [-0.2, 0) is 28.7 Å². The molecule has 4 aliphatic rings. The molecule has 0 aromatic heterocycles. The molecule has 248 valence electrons. The summed E-state index contributed by atoms with van der Waals surface area (Å²) in [4.78, 5) is 61.4. The first-order valence-corrected chi connectivity index (χ1v) is 16.5. The lowest BCUT2D eigenvalue weighted by Gasteiger charge is -2.36. The first-order valence-electron chi connectivity index (χ1n) is 16.1. The number of aliphatic hydroxyl groups excluding tert-OH is 1. The van der Waals surface area contributed by atoms with E-state index in [0.29, 0.717) is 22.7 Å². The van der Waals surface area contributed by atoms with Gasteiger partial charge in [-0.25, -0.2) is 0 Å². The second kappa shape index (κ2) is 13.3. The van der Waals surface area contributed by atoms with Gasteiger partial charge >= 0.3 is 5.97 Å². The second-order valence-corrected chi connectivity index (χ2v) is 13.1. The monoisotopic (exact) mass is 661 g/mol. The molecule has 4 heterocycles. The average molecular weight is 662 g/mol. The number of halogens is 1. The number of likely N-dealkylation sites (tertiary alicyclic amines) is 1. The summed E-state index contributed by atoms with van der Waals surface area (Å²) in [7, 11) is 1.69. The number of carbonyl (C=O) groups excluding carboxylic acids is 4. The maximum atomic E-state index is 14.9. The Bertz CT molecular complexity index is 1590. The fourth-order valence-electron chi connectivity index (χ4n) is 7.51. The van der Waals surface area contributed by atoms with Gasteiger partial charge in [-0.2, -0.15) is 0 Å². The highest BCUT2D eigenvalue weighted by atomic mass is 35.5.